The van der Waals surface area contributed by atoms with Crippen LogP contribution in [0.2, 0.25) is 0 Å². The van der Waals surface area contributed by atoms with Gasteiger partial charge in [0.15, 0.2) is 0 Å². The number of hydrogen-bond donors (Lipinski definition) is 1. The molecule has 0 saturated heterocycles. The van der Waals surface area contributed by atoms with E-state index in [0.29, 0.717) is 0 Å². The summed E-state index contributed by atoms with van der Waals surface area (Å²) in [5.74, 6) is 0. The fourth-order valence-electron chi connectivity index (χ4n) is 1.52. The molecule has 15 heavy (non-hydrogen) atoms. The van der Waals surface area contributed by atoms with Crippen molar-refractivity contribution >= 4 is 15.9 Å². The summed E-state index contributed by atoms with van der Waals surface area (Å²) in [6.45, 7) is 3.67. The molecule has 1 aromatic carbocycles. The van der Waals surface area contributed by atoms with Crippen molar-refractivity contribution in [2.75, 3.05) is 0 Å². The van der Waals surface area contributed by atoms with Crippen LogP contribution in [-0.4, -0.2) is 11.2 Å². The van der Waals surface area contributed by atoms with Crippen molar-refractivity contribution in [1.29, 1.82) is 0 Å². The smallest absolute Gasteiger partial charge is 0.0581 e. The first-order valence-corrected chi connectivity index (χ1v) is 6.05. The first-order valence-electron chi connectivity index (χ1n) is 5.26. The molecule has 0 radical (unpaired) electrons. The third-order valence-corrected chi connectivity index (χ3v) is 3.13. The summed E-state index contributed by atoms with van der Waals surface area (Å²) in [6, 6.07) is 8.03. The van der Waals surface area contributed by atoms with E-state index in [2.05, 4.69) is 22.5 Å². The second-order valence-corrected chi connectivity index (χ2v) is 4.52. The van der Waals surface area contributed by atoms with Crippen LogP contribution >= 0.6 is 15.9 Å². The topological polar surface area (TPSA) is 20.2 Å². The van der Waals surface area contributed by atoms with Gasteiger partial charge in [0.05, 0.1) is 6.10 Å². The van der Waals surface area contributed by atoms with E-state index in [1.807, 2.05) is 30.3 Å². The quantitative estimate of drug-likeness (QED) is 0.616. The Bertz CT molecular complexity index is 309. The number of rotatable bonds is 6. The summed E-state index contributed by atoms with van der Waals surface area (Å²) < 4.78 is 1.08. The van der Waals surface area contributed by atoms with E-state index in [0.717, 1.165) is 30.2 Å². The molecule has 0 aromatic heterocycles. The lowest BCUT2D eigenvalue weighted by atomic mass is 10.0. The maximum atomic E-state index is 9.80. The summed E-state index contributed by atoms with van der Waals surface area (Å²) in [7, 11) is 0. The van der Waals surface area contributed by atoms with Crippen LogP contribution in [0.3, 0.4) is 0 Å². The van der Waals surface area contributed by atoms with Crippen LogP contribution in [0, 0.1) is 0 Å². The Balaban J connectivity index is 2.40. The molecule has 0 aliphatic rings. The highest BCUT2D eigenvalue weighted by Crippen LogP contribution is 2.18. The molecule has 0 spiro atoms. The van der Waals surface area contributed by atoms with E-state index >= 15 is 0 Å². The molecular weight excluding hydrogens is 252 g/mol. The standard InChI is InChI=1S/C13H17BrO/c1-2-3-4-8-12(15)10-11-7-5-6-9-13(11)14/h2,5-7,9,12,15H,1,3-4,8,10H2. The molecule has 1 atom stereocenters. The number of hydrogen-bond acceptors (Lipinski definition) is 1. The molecule has 0 amide bonds. The second-order valence-electron chi connectivity index (χ2n) is 3.67. The van der Waals surface area contributed by atoms with Gasteiger partial charge in [-0.05, 0) is 37.3 Å². The van der Waals surface area contributed by atoms with Gasteiger partial charge >= 0.3 is 0 Å². The minimum Gasteiger partial charge on any atom is -0.393 e. The molecule has 1 aromatic rings. The van der Waals surface area contributed by atoms with Crippen molar-refractivity contribution in [3.63, 3.8) is 0 Å². The van der Waals surface area contributed by atoms with E-state index < -0.39 is 0 Å². The maximum absolute atomic E-state index is 9.80. The Hall–Kier alpha value is -0.600. The fourth-order valence-corrected chi connectivity index (χ4v) is 1.96. The van der Waals surface area contributed by atoms with E-state index in [1.165, 1.54) is 5.56 Å². The number of aliphatic hydroxyl groups excluding tert-OH is 1. The maximum Gasteiger partial charge on any atom is 0.0581 e. The average molecular weight is 269 g/mol. The molecule has 1 rings (SSSR count). The van der Waals surface area contributed by atoms with Crippen LogP contribution in [-0.2, 0) is 6.42 Å². The summed E-state index contributed by atoms with van der Waals surface area (Å²) >= 11 is 3.48. The van der Waals surface area contributed by atoms with Gasteiger partial charge in [0, 0.05) is 4.47 Å². The zero-order valence-electron chi connectivity index (χ0n) is 8.82. The summed E-state index contributed by atoms with van der Waals surface area (Å²) in [5.41, 5.74) is 1.17. The molecule has 2 heteroatoms. The molecule has 1 N–H and O–H groups in total. The zero-order valence-corrected chi connectivity index (χ0v) is 10.4. The van der Waals surface area contributed by atoms with Crippen molar-refractivity contribution in [3.05, 3.63) is 47.0 Å². The van der Waals surface area contributed by atoms with Gasteiger partial charge in [0.25, 0.3) is 0 Å². The summed E-state index contributed by atoms with van der Waals surface area (Å²) in [4.78, 5) is 0. The molecule has 0 aliphatic heterocycles. The molecule has 1 unspecified atom stereocenters. The molecule has 0 fully saturated rings. The fraction of sp³-hybridized carbons (Fsp3) is 0.385. The summed E-state index contributed by atoms with van der Waals surface area (Å²) in [5, 5.41) is 9.80. The van der Waals surface area contributed by atoms with Crippen molar-refractivity contribution in [3.8, 4) is 0 Å². The van der Waals surface area contributed by atoms with Gasteiger partial charge in [-0.3, -0.25) is 0 Å². The molecular formula is C13H17BrO. The Morgan fingerprint density at radius 1 is 1.40 bits per heavy atom. The van der Waals surface area contributed by atoms with Crippen LogP contribution in [0.1, 0.15) is 24.8 Å². The highest BCUT2D eigenvalue weighted by Gasteiger charge is 2.06. The number of allylic oxidation sites excluding steroid dienone is 1. The Morgan fingerprint density at radius 2 is 2.13 bits per heavy atom. The molecule has 1 nitrogen and oxygen atoms in total. The highest BCUT2D eigenvalue weighted by molar-refractivity contribution is 9.10. The van der Waals surface area contributed by atoms with Crippen molar-refractivity contribution in [2.24, 2.45) is 0 Å². The van der Waals surface area contributed by atoms with Crippen molar-refractivity contribution in [1.82, 2.24) is 0 Å². The largest absolute Gasteiger partial charge is 0.393 e. The number of halogens is 1. The average Bonchev–Trinajstić information content (AvgIpc) is 2.22. The molecule has 82 valence electrons. The minimum absolute atomic E-state index is 0.247. The number of benzene rings is 1. The number of unbranched alkanes of at least 4 members (excludes halogenated alkanes) is 1. The normalized spacial score (nSPS) is 12.4. The monoisotopic (exact) mass is 268 g/mol. The van der Waals surface area contributed by atoms with E-state index in [4.69, 9.17) is 0 Å². The van der Waals surface area contributed by atoms with Crippen LogP contribution in [0.25, 0.3) is 0 Å². The van der Waals surface area contributed by atoms with E-state index in [9.17, 15) is 5.11 Å². The van der Waals surface area contributed by atoms with Gasteiger partial charge in [-0.25, -0.2) is 0 Å². The van der Waals surface area contributed by atoms with Gasteiger partial charge < -0.3 is 5.11 Å². The van der Waals surface area contributed by atoms with Crippen LogP contribution in [0.4, 0.5) is 0 Å². The van der Waals surface area contributed by atoms with Gasteiger partial charge in [-0.2, -0.15) is 0 Å². The summed E-state index contributed by atoms with van der Waals surface area (Å²) in [6.07, 6.45) is 5.20. The highest BCUT2D eigenvalue weighted by atomic mass is 79.9. The molecule has 0 heterocycles. The van der Waals surface area contributed by atoms with Gasteiger partial charge in [0.1, 0.15) is 0 Å². The number of aliphatic hydroxyl groups is 1. The predicted octanol–water partition coefficient (Wildman–Crippen LogP) is 3.71. The van der Waals surface area contributed by atoms with Gasteiger partial charge in [0.2, 0.25) is 0 Å². The Morgan fingerprint density at radius 3 is 2.80 bits per heavy atom. The van der Waals surface area contributed by atoms with Crippen LogP contribution < -0.4 is 0 Å². The first kappa shape index (κ1) is 12.5. The van der Waals surface area contributed by atoms with Gasteiger partial charge in [-0.1, -0.05) is 40.2 Å². The van der Waals surface area contributed by atoms with E-state index in [-0.39, 0.29) is 6.10 Å². The van der Waals surface area contributed by atoms with Crippen LogP contribution in [0.15, 0.2) is 41.4 Å². The molecule has 0 aliphatic carbocycles. The zero-order chi connectivity index (χ0) is 11.1. The molecule has 0 saturated carbocycles. The third kappa shape index (κ3) is 4.63. The van der Waals surface area contributed by atoms with Crippen molar-refractivity contribution < 1.29 is 5.11 Å². The van der Waals surface area contributed by atoms with Gasteiger partial charge in [-0.15, -0.1) is 6.58 Å². The molecule has 0 bridgehead atoms. The van der Waals surface area contributed by atoms with Crippen LogP contribution in [0.5, 0.6) is 0 Å². The minimum atomic E-state index is -0.247. The lowest BCUT2D eigenvalue weighted by molar-refractivity contribution is 0.162. The first-order chi connectivity index (χ1) is 7.24. The van der Waals surface area contributed by atoms with Crippen molar-refractivity contribution in [2.45, 2.75) is 31.8 Å². The third-order valence-electron chi connectivity index (χ3n) is 2.36. The lowest BCUT2D eigenvalue weighted by Crippen LogP contribution is -2.10. The second kappa shape index (κ2) is 6.81. The van der Waals surface area contributed by atoms with E-state index in [1.54, 1.807) is 0 Å². The lowest BCUT2D eigenvalue weighted by Gasteiger charge is -2.11. The Labute approximate surface area is 100.0 Å². The SMILES string of the molecule is C=CCCCC(O)Cc1ccccc1Br. The Kier molecular flexibility index (Phi) is 5.66. The predicted molar refractivity (Wildman–Crippen MR) is 67.9 cm³/mol.